The van der Waals surface area contributed by atoms with Gasteiger partial charge in [-0.1, -0.05) is 78.9 Å². The van der Waals surface area contributed by atoms with Gasteiger partial charge in [0.1, 0.15) is 5.56 Å². The largest absolute Gasteiger partial charge is 0.465 e. The van der Waals surface area contributed by atoms with E-state index in [1.165, 1.54) is 7.11 Å². The minimum absolute atomic E-state index is 0.429. The zero-order chi connectivity index (χ0) is 22.5. The summed E-state index contributed by atoms with van der Waals surface area (Å²) >= 11 is 0. The molecule has 0 radical (unpaired) electrons. The molecule has 0 amide bonds. The Kier molecular flexibility index (Phi) is 6.17. The maximum atomic E-state index is 13.2. The Balaban J connectivity index is 2.20. The van der Waals surface area contributed by atoms with E-state index in [1.807, 2.05) is 115 Å². The van der Waals surface area contributed by atoms with E-state index in [2.05, 4.69) is 0 Å². The van der Waals surface area contributed by atoms with Crippen LogP contribution in [0, 0.1) is 0 Å². The highest BCUT2D eigenvalue weighted by Gasteiger charge is 2.30. The molecule has 0 fully saturated rings. The van der Waals surface area contributed by atoms with Crippen molar-refractivity contribution in [3.05, 3.63) is 96.6 Å². The highest BCUT2D eigenvalue weighted by molar-refractivity contribution is 6.07. The van der Waals surface area contributed by atoms with Crippen molar-refractivity contribution in [2.24, 2.45) is 4.99 Å². The lowest BCUT2D eigenvalue weighted by Gasteiger charge is -2.14. The quantitative estimate of drug-likeness (QED) is 0.223. The topological polar surface area (TPSA) is 46.8 Å². The van der Waals surface area contributed by atoms with Crippen molar-refractivity contribution in [3.63, 3.8) is 0 Å². The average molecular weight is 424 g/mol. The van der Waals surface area contributed by atoms with E-state index in [-0.39, 0.29) is 0 Å². The molecule has 5 heteroatoms. The normalized spacial score (nSPS) is 11.0. The van der Waals surface area contributed by atoms with Crippen LogP contribution in [0.1, 0.15) is 10.4 Å². The zero-order valence-electron chi connectivity index (χ0n) is 18.4. The molecule has 3 aromatic carbocycles. The van der Waals surface area contributed by atoms with Crippen LogP contribution in [0.4, 0.5) is 5.82 Å². The van der Waals surface area contributed by atoms with Gasteiger partial charge in [0.25, 0.3) is 0 Å². The monoisotopic (exact) mass is 423 g/mol. The summed E-state index contributed by atoms with van der Waals surface area (Å²) in [7, 11) is 5.19. The Labute approximate surface area is 188 Å². The second-order valence-corrected chi connectivity index (χ2v) is 7.52. The fourth-order valence-electron chi connectivity index (χ4n) is 3.73. The second-order valence-electron chi connectivity index (χ2n) is 7.52. The molecule has 5 nitrogen and oxygen atoms in total. The number of rotatable bonds is 6. The Bertz CT molecular complexity index is 1230. The van der Waals surface area contributed by atoms with Crippen LogP contribution < -0.4 is 0 Å². The van der Waals surface area contributed by atoms with E-state index < -0.39 is 5.97 Å². The van der Waals surface area contributed by atoms with Crippen molar-refractivity contribution < 1.29 is 9.53 Å². The number of hydrogen-bond donors (Lipinski definition) is 0. The lowest BCUT2D eigenvalue weighted by atomic mass is 9.97. The summed E-state index contributed by atoms with van der Waals surface area (Å²) in [6.07, 6.45) is 1.70. The summed E-state index contributed by atoms with van der Waals surface area (Å²) in [5.41, 5.74) is 4.91. The molecule has 0 spiro atoms. The Hall–Kier alpha value is -4.12. The van der Waals surface area contributed by atoms with Crippen molar-refractivity contribution in [2.45, 2.75) is 0 Å². The highest BCUT2D eigenvalue weighted by atomic mass is 16.5. The minimum Gasteiger partial charge on any atom is -0.465 e. The molecule has 0 saturated carbocycles. The SMILES string of the molecule is COC(=O)c1c(-c2ccccc2)c(-c2ccccc2)n(-c2ccccc2)c1/N=C/N(C)C. The van der Waals surface area contributed by atoms with E-state index in [0.717, 1.165) is 28.1 Å². The van der Waals surface area contributed by atoms with Gasteiger partial charge < -0.3 is 9.64 Å². The molecular formula is C27H25N3O2. The van der Waals surface area contributed by atoms with Gasteiger partial charge in [0.15, 0.2) is 5.82 Å². The molecule has 32 heavy (non-hydrogen) atoms. The molecule has 1 heterocycles. The molecule has 4 aromatic rings. The van der Waals surface area contributed by atoms with Crippen LogP contribution in [0.3, 0.4) is 0 Å². The predicted octanol–water partition coefficient (Wildman–Crippen LogP) is 5.82. The summed E-state index contributed by atoms with van der Waals surface area (Å²) in [6, 6.07) is 29.9. The molecule has 1 aromatic heterocycles. The van der Waals surface area contributed by atoms with Gasteiger partial charge in [-0.05, 0) is 23.3 Å². The van der Waals surface area contributed by atoms with Crippen LogP contribution in [0.25, 0.3) is 28.1 Å². The maximum Gasteiger partial charge on any atom is 0.342 e. The van der Waals surface area contributed by atoms with Gasteiger partial charge in [-0.2, -0.15) is 0 Å². The van der Waals surface area contributed by atoms with Gasteiger partial charge >= 0.3 is 5.97 Å². The second kappa shape index (κ2) is 9.35. The number of hydrogen-bond acceptors (Lipinski definition) is 3. The third-order valence-electron chi connectivity index (χ3n) is 5.07. The number of carbonyl (C=O) groups excluding carboxylic acids is 1. The molecule has 0 aliphatic rings. The van der Waals surface area contributed by atoms with Crippen LogP contribution in [0.2, 0.25) is 0 Å². The molecular weight excluding hydrogens is 398 g/mol. The van der Waals surface area contributed by atoms with E-state index >= 15 is 0 Å². The number of ether oxygens (including phenoxy) is 1. The first-order valence-electron chi connectivity index (χ1n) is 10.4. The van der Waals surface area contributed by atoms with E-state index in [1.54, 1.807) is 6.34 Å². The standard InChI is InChI=1S/C27H25N3O2/c1-29(2)19-28-26-24(27(31)32-3)23(20-13-7-4-8-14-20)25(21-15-9-5-10-16-21)30(26)22-17-11-6-12-18-22/h4-19H,1-3H3/b28-19+. The smallest absolute Gasteiger partial charge is 0.342 e. The summed E-state index contributed by atoms with van der Waals surface area (Å²) in [6.45, 7) is 0. The van der Waals surface area contributed by atoms with Crippen molar-refractivity contribution in [1.29, 1.82) is 0 Å². The summed E-state index contributed by atoms with van der Waals surface area (Å²) in [4.78, 5) is 19.8. The van der Waals surface area contributed by atoms with Crippen LogP contribution in [-0.2, 0) is 4.74 Å². The number of aromatic nitrogens is 1. The minimum atomic E-state index is -0.429. The molecule has 0 bridgehead atoms. The summed E-state index contributed by atoms with van der Waals surface area (Å²) in [5.74, 6) is 0.0936. The van der Waals surface area contributed by atoms with Gasteiger partial charge in [-0.25, -0.2) is 9.79 Å². The summed E-state index contributed by atoms with van der Waals surface area (Å²) < 4.78 is 7.28. The van der Waals surface area contributed by atoms with Gasteiger partial charge in [0, 0.05) is 25.3 Å². The van der Waals surface area contributed by atoms with Gasteiger partial charge in [-0.3, -0.25) is 4.57 Å². The number of nitrogens with zero attached hydrogens (tertiary/aromatic N) is 3. The fourth-order valence-corrected chi connectivity index (χ4v) is 3.73. The Morgan fingerprint density at radius 3 is 1.91 bits per heavy atom. The van der Waals surface area contributed by atoms with Gasteiger partial charge in [0.2, 0.25) is 0 Å². The lowest BCUT2D eigenvalue weighted by Crippen LogP contribution is -2.08. The molecule has 4 rings (SSSR count). The van der Waals surface area contributed by atoms with Crippen LogP contribution >= 0.6 is 0 Å². The van der Waals surface area contributed by atoms with Crippen molar-refractivity contribution >= 4 is 18.1 Å². The number of para-hydroxylation sites is 1. The molecule has 160 valence electrons. The first-order chi connectivity index (χ1) is 15.6. The van der Waals surface area contributed by atoms with Crippen molar-refractivity contribution in [1.82, 2.24) is 9.47 Å². The first kappa shape index (κ1) is 21.1. The van der Waals surface area contributed by atoms with Gasteiger partial charge in [0.05, 0.1) is 19.1 Å². The molecule has 0 unspecified atom stereocenters. The Morgan fingerprint density at radius 1 is 0.844 bits per heavy atom. The van der Waals surface area contributed by atoms with E-state index in [9.17, 15) is 4.79 Å². The lowest BCUT2D eigenvalue weighted by molar-refractivity contribution is 0.0602. The third-order valence-corrected chi connectivity index (χ3v) is 5.07. The number of methoxy groups -OCH3 is 1. The van der Waals surface area contributed by atoms with E-state index in [0.29, 0.717) is 11.4 Å². The number of esters is 1. The van der Waals surface area contributed by atoms with Crippen LogP contribution in [-0.4, -0.2) is 43.0 Å². The molecule has 0 atom stereocenters. The number of aliphatic imine (C=N–C) groups is 1. The van der Waals surface area contributed by atoms with Crippen LogP contribution in [0.5, 0.6) is 0 Å². The van der Waals surface area contributed by atoms with Gasteiger partial charge in [-0.15, -0.1) is 0 Å². The first-order valence-corrected chi connectivity index (χ1v) is 10.4. The summed E-state index contributed by atoms with van der Waals surface area (Å²) in [5, 5.41) is 0. The average Bonchev–Trinajstić information content (AvgIpc) is 3.19. The molecule has 0 N–H and O–H groups in total. The maximum absolute atomic E-state index is 13.2. The molecule has 0 saturated heterocycles. The highest BCUT2D eigenvalue weighted by Crippen LogP contribution is 2.45. The number of benzene rings is 3. The van der Waals surface area contributed by atoms with Crippen molar-refractivity contribution in [2.75, 3.05) is 21.2 Å². The Morgan fingerprint density at radius 2 is 1.38 bits per heavy atom. The molecule has 0 aliphatic heterocycles. The zero-order valence-corrected chi connectivity index (χ0v) is 18.4. The van der Waals surface area contributed by atoms with Crippen LogP contribution in [0.15, 0.2) is 96.0 Å². The fraction of sp³-hybridized carbons (Fsp3) is 0.111. The van der Waals surface area contributed by atoms with Crippen molar-refractivity contribution in [3.8, 4) is 28.1 Å². The number of carbonyl (C=O) groups is 1. The molecule has 0 aliphatic carbocycles. The predicted molar refractivity (Wildman–Crippen MR) is 130 cm³/mol. The third kappa shape index (κ3) is 4.05. The van der Waals surface area contributed by atoms with E-state index in [4.69, 9.17) is 9.73 Å².